The van der Waals surface area contributed by atoms with E-state index in [0.717, 1.165) is 12.4 Å². The van der Waals surface area contributed by atoms with Crippen molar-refractivity contribution in [1.29, 1.82) is 0 Å². The van der Waals surface area contributed by atoms with Crippen molar-refractivity contribution < 1.29 is 14.4 Å². The molecule has 0 spiro atoms. The molecule has 0 aliphatic carbocycles. The summed E-state index contributed by atoms with van der Waals surface area (Å²) in [5.74, 6) is -0.433. The lowest BCUT2D eigenvalue weighted by atomic mass is 9.90. The molecule has 0 unspecified atom stereocenters. The average molecular weight is 152 g/mol. The van der Waals surface area contributed by atoms with Gasteiger partial charge in [-0.1, -0.05) is 0 Å². The van der Waals surface area contributed by atoms with E-state index in [1.807, 2.05) is 0 Å². The zero-order valence-electron chi connectivity index (χ0n) is 6.35. The molecule has 0 N–H and O–H groups in total. The van der Waals surface area contributed by atoms with Crippen LogP contribution in [0.4, 0.5) is 0 Å². The van der Waals surface area contributed by atoms with Gasteiger partial charge in [0, 0.05) is 0 Å². The summed E-state index contributed by atoms with van der Waals surface area (Å²) >= 11 is 0. The monoisotopic (exact) mass is 152 g/mol. The van der Waals surface area contributed by atoms with Crippen molar-refractivity contribution in [2.45, 2.75) is 13.8 Å². The zero-order chi connectivity index (χ0) is 8.91. The first-order chi connectivity index (χ1) is 5.04. The summed E-state index contributed by atoms with van der Waals surface area (Å²) in [5, 5.41) is 0. The third-order valence-corrected chi connectivity index (χ3v) is 1.19. The predicted molar refractivity (Wildman–Crippen MR) is 38.2 cm³/mol. The summed E-state index contributed by atoms with van der Waals surface area (Å²) in [6, 6.07) is 0. The van der Waals surface area contributed by atoms with Crippen LogP contribution in [0.15, 0.2) is 0 Å². The fraction of sp³-hybridized carbons (Fsp3) is 0.500. The Morgan fingerprint density at radius 2 is 1.91 bits per heavy atom. The maximum absolute atomic E-state index is 10.9. The molecule has 0 saturated heterocycles. The smallest absolute Gasteiger partial charge is 0.324 e. The summed E-state index contributed by atoms with van der Waals surface area (Å²) in [6.07, 6.45) is 1.83. The van der Waals surface area contributed by atoms with Crippen LogP contribution < -0.4 is 0 Å². The first kappa shape index (κ1) is 9.43. The van der Waals surface area contributed by atoms with Gasteiger partial charge in [-0.2, -0.15) is 9.58 Å². The minimum Gasteiger partial charge on any atom is -0.362 e. The standard InChI is InChI=1S/C6H8N4O/c1-6(2,4-10-8)5(11)3-9-7/h3-4H,1-2H3. The third kappa shape index (κ3) is 2.67. The fourth-order valence-electron chi connectivity index (χ4n) is 0.427. The van der Waals surface area contributed by atoms with Crippen molar-refractivity contribution in [2.75, 3.05) is 0 Å². The lowest BCUT2D eigenvalue weighted by molar-refractivity contribution is -0.121. The number of ketones is 1. The van der Waals surface area contributed by atoms with E-state index in [1.165, 1.54) is 13.8 Å². The molecule has 0 aliphatic heterocycles. The van der Waals surface area contributed by atoms with E-state index in [2.05, 4.69) is 9.58 Å². The molecule has 0 atom stereocenters. The van der Waals surface area contributed by atoms with Crippen LogP contribution in [0.3, 0.4) is 0 Å². The van der Waals surface area contributed by atoms with E-state index in [4.69, 9.17) is 11.1 Å². The second kappa shape index (κ2) is 3.56. The van der Waals surface area contributed by atoms with E-state index in [1.54, 1.807) is 0 Å². The molecule has 5 heteroatoms. The van der Waals surface area contributed by atoms with E-state index in [-0.39, 0.29) is 0 Å². The Morgan fingerprint density at radius 1 is 1.36 bits per heavy atom. The van der Waals surface area contributed by atoms with Crippen LogP contribution in [-0.4, -0.2) is 27.8 Å². The van der Waals surface area contributed by atoms with Crippen LogP contribution >= 0.6 is 0 Å². The molecule has 5 nitrogen and oxygen atoms in total. The van der Waals surface area contributed by atoms with Crippen molar-refractivity contribution in [3.8, 4) is 0 Å². The van der Waals surface area contributed by atoms with Crippen LogP contribution in [0.25, 0.3) is 11.1 Å². The second-order valence-electron chi connectivity index (χ2n) is 2.58. The van der Waals surface area contributed by atoms with Gasteiger partial charge >= 0.3 is 6.21 Å². The lowest BCUT2D eigenvalue weighted by Gasteiger charge is -2.04. The molecular weight excluding hydrogens is 144 g/mol. The highest BCUT2D eigenvalue weighted by atomic mass is 16.1. The summed E-state index contributed by atoms with van der Waals surface area (Å²) in [4.78, 5) is 16.2. The third-order valence-electron chi connectivity index (χ3n) is 1.19. The highest BCUT2D eigenvalue weighted by Gasteiger charge is 2.31. The fourth-order valence-corrected chi connectivity index (χ4v) is 0.427. The zero-order valence-corrected chi connectivity index (χ0v) is 6.35. The molecule has 0 aromatic rings. The Bertz CT molecular complexity index is 256. The molecule has 0 amide bonds. The van der Waals surface area contributed by atoms with Crippen molar-refractivity contribution in [2.24, 2.45) is 5.41 Å². The van der Waals surface area contributed by atoms with Gasteiger partial charge in [0.1, 0.15) is 5.41 Å². The number of rotatable bonds is 3. The number of carbonyl (C=O) groups excluding carboxylic acids is 1. The van der Waals surface area contributed by atoms with Gasteiger partial charge < -0.3 is 11.1 Å². The minimum absolute atomic E-state index is 0.433. The minimum atomic E-state index is -0.930. The van der Waals surface area contributed by atoms with Gasteiger partial charge in [-0.3, -0.25) is 4.79 Å². The van der Waals surface area contributed by atoms with Gasteiger partial charge in [-0.15, -0.1) is 0 Å². The molecule has 0 saturated carbocycles. The molecule has 0 fully saturated rings. The van der Waals surface area contributed by atoms with Crippen LogP contribution in [-0.2, 0) is 4.79 Å². The predicted octanol–water partition coefficient (Wildman–Crippen LogP) is 0.183. The van der Waals surface area contributed by atoms with Gasteiger partial charge in [0.2, 0.25) is 0 Å². The number of hydrogen-bond donors (Lipinski definition) is 0. The quantitative estimate of drug-likeness (QED) is 0.322. The molecule has 11 heavy (non-hydrogen) atoms. The molecule has 0 heterocycles. The maximum Gasteiger partial charge on any atom is 0.324 e. The number of Topliss-reactive ketones (excluding diaryl/α,β-unsaturated/α-hetero) is 1. The summed E-state index contributed by atoms with van der Waals surface area (Å²) in [5.41, 5.74) is 15.2. The molecular formula is C6H8N4O. The van der Waals surface area contributed by atoms with E-state index in [0.29, 0.717) is 0 Å². The molecule has 0 radical (unpaired) electrons. The normalized spacial score (nSPS) is 9.27. The van der Waals surface area contributed by atoms with Gasteiger partial charge in [0.05, 0.1) is 0 Å². The summed E-state index contributed by atoms with van der Waals surface area (Å²) in [6.45, 7) is 3.08. The molecule has 0 aliphatic rings. The molecule has 58 valence electrons. The summed E-state index contributed by atoms with van der Waals surface area (Å²) in [7, 11) is 0. The first-order valence-corrected chi connectivity index (χ1v) is 2.95. The Labute approximate surface area is 63.9 Å². The van der Waals surface area contributed by atoms with Gasteiger partial charge in [-0.05, 0) is 13.8 Å². The van der Waals surface area contributed by atoms with Gasteiger partial charge in [0.25, 0.3) is 12.0 Å². The highest BCUT2D eigenvalue weighted by molar-refractivity contribution is 6.31. The number of carbonyl (C=O) groups is 1. The van der Waals surface area contributed by atoms with Crippen LogP contribution in [0, 0.1) is 5.41 Å². The molecule has 0 aromatic heterocycles. The van der Waals surface area contributed by atoms with E-state index < -0.39 is 11.2 Å². The molecule has 0 bridgehead atoms. The highest BCUT2D eigenvalue weighted by Crippen LogP contribution is 2.09. The average Bonchev–Trinajstić information content (AvgIpc) is 1.88. The van der Waals surface area contributed by atoms with Gasteiger partial charge in [-0.25, -0.2) is 0 Å². The molecule has 0 rings (SSSR count). The Morgan fingerprint density at radius 3 is 2.27 bits per heavy atom. The maximum atomic E-state index is 10.9. The summed E-state index contributed by atoms with van der Waals surface area (Å²) < 4.78 is 0. The van der Waals surface area contributed by atoms with E-state index in [9.17, 15) is 4.79 Å². The van der Waals surface area contributed by atoms with Crippen molar-refractivity contribution in [1.82, 2.24) is 0 Å². The van der Waals surface area contributed by atoms with Crippen molar-refractivity contribution in [3.05, 3.63) is 11.1 Å². The Kier molecular flexibility index (Phi) is 3.05. The largest absolute Gasteiger partial charge is 0.362 e. The van der Waals surface area contributed by atoms with Gasteiger partial charge in [0.15, 0.2) is 0 Å². The topological polar surface area (TPSA) is 89.9 Å². The van der Waals surface area contributed by atoms with Crippen molar-refractivity contribution >= 4 is 18.2 Å². The van der Waals surface area contributed by atoms with E-state index >= 15 is 0 Å². The Hall–Kier alpha value is -1.57. The first-order valence-electron chi connectivity index (χ1n) is 2.95. The Balaban J connectivity index is 4.68. The van der Waals surface area contributed by atoms with Crippen LogP contribution in [0.5, 0.6) is 0 Å². The SMILES string of the molecule is CC(C)(C=[N+]=[N-])C(=O)C=[N+]=[N-]. The number of nitrogens with zero attached hydrogens (tertiary/aromatic N) is 4. The second-order valence-corrected chi connectivity index (χ2v) is 2.58. The van der Waals surface area contributed by atoms with Crippen molar-refractivity contribution in [3.63, 3.8) is 0 Å². The molecule has 0 aromatic carbocycles. The number of hydrogen-bond acceptors (Lipinski definition) is 1. The lowest BCUT2D eigenvalue weighted by Crippen LogP contribution is -2.27. The van der Waals surface area contributed by atoms with Crippen LogP contribution in [0.1, 0.15) is 13.8 Å². The van der Waals surface area contributed by atoms with Crippen LogP contribution in [0.2, 0.25) is 0 Å².